The Morgan fingerprint density at radius 1 is 1.09 bits per heavy atom. The number of hydrogen-bond acceptors (Lipinski definition) is 3. The van der Waals surface area contributed by atoms with E-state index in [-0.39, 0.29) is 10.6 Å². The quantitative estimate of drug-likeness (QED) is 0.474. The number of fused-ring (bicyclic) bond motifs is 1. The zero-order chi connectivity index (χ0) is 16.8. The third-order valence-electron chi connectivity index (χ3n) is 3.22. The molecule has 0 aliphatic carbocycles. The van der Waals surface area contributed by atoms with E-state index in [1.165, 1.54) is 6.07 Å². The van der Waals surface area contributed by atoms with Crippen LogP contribution in [0, 0.1) is 10.5 Å². The van der Waals surface area contributed by atoms with Crippen LogP contribution in [0.2, 0.25) is 0 Å². The van der Waals surface area contributed by atoms with Crippen molar-refractivity contribution in [3.05, 3.63) is 54.4 Å². The minimum Gasteiger partial charge on any atom is -0.306 e. The third kappa shape index (κ3) is 3.45. The number of imidazole rings is 1. The van der Waals surface area contributed by atoms with Gasteiger partial charge in [0.2, 0.25) is 0 Å². The lowest BCUT2D eigenvalue weighted by Gasteiger charge is -2.11. The highest BCUT2D eigenvalue weighted by molar-refractivity contribution is 14.1. The summed E-state index contributed by atoms with van der Waals surface area (Å²) in [4.78, 5) is 16.6. The summed E-state index contributed by atoms with van der Waals surface area (Å²) < 4.78 is 29.6. The lowest BCUT2D eigenvalue weighted by atomic mass is 10.2. The molecule has 0 radical (unpaired) electrons. The van der Waals surface area contributed by atoms with E-state index in [0.717, 1.165) is 8.04 Å². The average Bonchev–Trinajstić information content (AvgIpc) is 2.74. The van der Waals surface area contributed by atoms with E-state index < -0.39 is 10.0 Å². The molecule has 0 saturated heterocycles. The number of H-pyrrole nitrogens is 2. The van der Waals surface area contributed by atoms with Crippen LogP contribution in [0.25, 0.3) is 11.0 Å². The van der Waals surface area contributed by atoms with Gasteiger partial charge in [0.25, 0.3) is 10.0 Å². The molecule has 0 fully saturated rings. The molecule has 3 N–H and O–H groups in total. The Bertz CT molecular complexity index is 1050. The second-order valence-corrected chi connectivity index (χ2v) is 8.82. The predicted octanol–water partition coefficient (Wildman–Crippen LogP) is 3.33. The number of nitrogens with one attached hydrogen (secondary N) is 3. The molecule has 9 heteroatoms. The molecule has 6 nitrogen and oxygen atoms in total. The number of aromatic amines is 2. The molecule has 120 valence electrons. The van der Waals surface area contributed by atoms with Gasteiger partial charge in [0, 0.05) is 8.04 Å². The molecule has 0 aliphatic heterocycles. The van der Waals surface area contributed by atoms with Gasteiger partial charge in [-0.25, -0.2) is 13.2 Å². The van der Waals surface area contributed by atoms with Crippen LogP contribution in [0.4, 0.5) is 5.69 Å². The van der Waals surface area contributed by atoms with Crippen LogP contribution >= 0.6 is 38.5 Å². The molecule has 0 atom stereocenters. The standard InChI is InChI=1S/C14H11BrIN3O3S/c1-7-2-11-12(18-14(20)17-11)6-13(7)23(21,22)19-10-4-8(15)3-9(16)5-10/h2-6,19H,1H3,(H2,17,18,20). The molecule has 2 aromatic carbocycles. The van der Waals surface area contributed by atoms with Gasteiger partial charge >= 0.3 is 5.69 Å². The van der Waals surface area contributed by atoms with E-state index >= 15 is 0 Å². The van der Waals surface area contributed by atoms with Crippen LogP contribution in [0.15, 0.2) is 44.5 Å². The first-order valence-electron chi connectivity index (χ1n) is 6.46. The summed E-state index contributed by atoms with van der Waals surface area (Å²) in [7, 11) is -3.77. The molecule has 3 aromatic rings. The summed E-state index contributed by atoms with van der Waals surface area (Å²) in [5.74, 6) is 0. The van der Waals surface area contributed by atoms with Gasteiger partial charge in [-0.3, -0.25) is 4.72 Å². The molecule has 0 aliphatic rings. The Morgan fingerprint density at radius 3 is 2.39 bits per heavy atom. The zero-order valence-electron chi connectivity index (χ0n) is 11.8. The van der Waals surface area contributed by atoms with E-state index in [9.17, 15) is 13.2 Å². The van der Waals surface area contributed by atoms with Gasteiger partial charge < -0.3 is 9.97 Å². The van der Waals surface area contributed by atoms with Gasteiger partial charge in [-0.15, -0.1) is 0 Å². The first-order valence-corrected chi connectivity index (χ1v) is 9.82. The second-order valence-electron chi connectivity index (χ2n) is 5.01. The monoisotopic (exact) mass is 507 g/mol. The van der Waals surface area contributed by atoms with E-state index in [1.807, 2.05) is 6.07 Å². The van der Waals surface area contributed by atoms with Crippen molar-refractivity contribution in [2.75, 3.05) is 4.72 Å². The van der Waals surface area contributed by atoms with Crippen LogP contribution in [-0.2, 0) is 10.0 Å². The smallest absolute Gasteiger partial charge is 0.306 e. The largest absolute Gasteiger partial charge is 0.323 e. The molecule has 0 amide bonds. The van der Waals surface area contributed by atoms with Crippen LogP contribution in [-0.4, -0.2) is 18.4 Å². The fourth-order valence-corrected chi connectivity index (χ4v) is 5.17. The highest BCUT2D eigenvalue weighted by atomic mass is 127. The summed E-state index contributed by atoms with van der Waals surface area (Å²) >= 11 is 5.45. The Morgan fingerprint density at radius 2 is 1.74 bits per heavy atom. The van der Waals surface area contributed by atoms with Gasteiger partial charge in [0.05, 0.1) is 21.6 Å². The number of aromatic nitrogens is 2. The van der Waals surface area contributed by atoms with Crippen LogP contribution < -0.4 is 10.4 Å². The lowest BCUT2D eigenvalue weighted by molar-refractivity contribution is 0.600. The second kappa shape index (κ2) is 5.95. The van der Waals surface area contributed by atoms with Crippen LogP contribution in [0.1, 0.15) is 5.56 Å². The number of sulfonamides is 1. The van der Waals surface area contributed by atoms with Crippen molar-refractivity contribution in [3.8, 4) is 0 Å². The average molecular weight is 508 g/mol. The fourth-order valence-electron chi connectivity index (χ4n) is 2.28. The van der Waals surface area contributed by atoms with E-state index in [0.29, 0.717) is 22.3 Å². The summed E-state index contributed by atoms with van der Waals surface area (Å²) in [6.07, 6.45) is 0. The lowest BCUT2D eigenvalue weighted by Crippen LogP contribution is -2.14. The molecule has 0 spiro atoms. The zero-order valence-corrected chi connectivity index (χ0v) is 16.3. The van der Waals surface area contributed by atoms with Crippen LogP contribution in [0.5, 0.6) is 0 Å². The van der Waals surface area contributed by atoms with E-state index in [2.05, 4.69) is 53.2 Å². The molecule has 1 heterocycles. The molecular weight excluding hydrogens is 497 g/mol. The molecule has 0 saturated carbocycles. The Balaban J connectivity index is 2.08. The summed E-state index contributed by atoms with van der Waals surface area (Å²) in [6, 6.07) is 8.38. The number of rotatable bonds is 3. The Kier molecular flexibility index (Phi) is 4.27. The highest BCUT2D eigenvalue weighted by Crippen LogP contribution is 2.26. The maximum absolute atomic E-state index is 12.7. The molecule has 3 rings (SSSR count). The van der Waals surface area contributed by atoms with Crippen molar-refractivity contribution in [2.45, 2.75) is 11.8 Å². The predicted molar refractivity (Wildman–Crippen MR) is 101 cm³/mol. The SMILES string of the molecule is Cc1cc2[nH]c(=O)[nH]c2cc1S(=O)(=O)Nc1cc(Br)cc(I)c1. The van der Waals surface area contributed by atoms with Gasteiger partial charge in [-0.05, 0) is 65.4 Å². The topological polar surface area (TPSA) is 94.8 Å². The Hall–Kier alpha value is -1.33. The van der Waals surface area contributed by atoms with Crippen molar-refractivity contribution in [1.29, 1.82) is 0 Å². The molecule has 1 aromatic heterocycles. The van der Waals surface area contributed by atoms with Gasteiger partial charge in [-0.1, -0.05) is 15.9 Å². The summed E-state index contributed by atoms with van der Waals surface area (Å²) in [6.45, 7) is 1.68. The minimum absolute atomic E-state index is 0.121. The molecular formula is C14H11BrIN3O3S. The third-order valence-corrected chi connectivity index (χ3v) is 5.82. The maximum atomic E-state index is 12.7. The van der Waals surface area contributed by atoms with Crippen molar-refractivity contribution >= 4 is 65.3 Å². The number of aryl methyl sites for hydroxylation is 1. The fraction of sp³-hybridized carbons (Fsp3) is 0.0714. The number of hydrogen-bond donors (Lipinski definition) is 3. The van der Waals surface area contributed by atoms with Crippen molar-refractivity contribution in [2.24, 2.45) is 0 Å². The molecule has 0 unspecified atom stereocenters. The van der Waals surface area contributed by atoms with E-state index in [1.54, 1.807) is 25.1 Å². The van der Waals surface area contributed by atoms with Crippen LogP contribution in [0.3, 0.4) is 0 Å². The molecule has 23 heavy (non-hydrogen) atoms. The number of halogens is 2. The van der Waals surface area contributed by atoms with Gasteiger partial charge in [0.15, 0.2) is 0 Å². The van der Waals surface area contributed by atoms with Gasteiger partial charge in [0.1, 0.15) is 0 Å². The Labute approximate surface area is 154 Å². The minimum atomic E-state index is -3.77. The van der Waals surface area contributed by atoms with Crippen molar-refractivity contribution < 1.29 is 8.42 Å². The van der Waals surface area contributed by atoms with Gasteiger partial charge in [-0.2, -0.15) is 0 Å². The first kappa shape index (κ1) is 16.5. The number of anilines is 1. The maximum Gasteiger partial charge on any atom is 0.323 e. The normalized spacial score (nSPS) is 11.8. The van der Waals surface area contributed by atoms with E-state index in [4.69, 9.17) is 0 Å². The highest BCUT2D eigenvalue weighted by Gasteiger charge is 2.19. The van der Waals surface area contributed by atoms with Crippen molar-refractivity contribution in [3.63, 3.8) is 0 Å². The summed E-state index contributed by atoms with van der Waals surface area (Å²) in [5.41, 5.74) is 1.66. The van der Waals surface area contributed by atoms with Crippen molar-refractivity contribution in [1.82, 2.24) is 9.97 Å². The number of benzene rings is 2. The molecule has 0 bridgehead atoms. The first-order chi connectivity index (χ1) is 10.7. The summed E-state index contributed by atoms with van der Waals surface area (Å²) in [5, 5.41) is 0.